The third-order valence-electron chi connectivity index (χ3n) is 7.64. The lowest BCUT2D eigenvalue weighted by molar-refractivity contribution is -0.143. The van der Waals surface area contributed by atoms with Crippen LogP contribution >= 0.6 is 18.6 Å². The van der Waals surface area contributed by atoms with E-state index in [0.29, 0.717) is 5.75 Å². The highest BCUT2D eigenvalue weighted by Gasteiger charge is 2.44. The van der Waals surface area contributed by atoms with Crippen LogP contribution < -0.4 is 49.3 Å². The van der Waals surface area contributed by atoms with Gasteiger partial charge in [0, 0.05) is 12.2 Å². The number of thiol groups is 1. The van der Waals surface area contributed by atoms with E-state index in [-0.39, 0.29) is 43.0 Å². The minimum atomic E-state index is -1.89. The highest BCUT2D eigenvalue weighted by molar-refractivity contribution is 7.97. The number of hydrogen-bond acceptors (Lipinski definition) is 7. The summed E-state index contributed by atoms with van der Waals surface area (Å²) in [4.78, 5) is 48.9. The lowest BCUT2D eigenvalue weighted by atomic mass is 10.1. The number of amides is 2. The Kier molecular flexibility index (Phi) is 19.0. The number of methoxy groups -OCH3 is 1. The Morgan fingerprint density at radius 3 is 1.92 bits per heavy atom. The molecule has 4 N–H and O–H groups in total. The molecule has 0 saturated heterocycles. The Labute approximate surface area is 298 Å². The Hall–Kier alpha value is -3.37. The van der Waals surface area contributed by atoms with Crippen molar-refractivity contribution in [1.29, 1.82) is 0 Å². The van der Waals surface area contributed by atoms with Gasteiger partial charge in [-0.3, -0.25) is 19.2 Å². The van der Waals surface area contributed by atoms with E-state index in [0.717, 1.165) is 36.8 Å². The SMILES string of the molecule is CCOC(=O)CNC(=O)C(C[SH]=CCCCC[P+](c1ccccc1)(c1ccccc1)c1ccccc1)NC(=O)CCC(N)C(=O)OC.[Br-]. The van der Waals surface area contributed by atoms with Crippen LogP contribution in [-0.2, 0) is 28.7 Å². The van der Waals surface area contributed by atoms with Gasteiger partial charge in [-0.05, 0) is 69.0 Å². The number of hydrogen-bond donors (Lipinski definition) is 4. The van der Waals surface area contributed by atoms with E-state index in [1.54, 1.807) is 6.92 Å². The Balaban J connectivity index is 0.00000800. The molecule has 0 aromatic heterocycles. The monoisotopic (exact) mass is 759 g/mol. The van der Waals surface area contributed by atoms with Crippen LogP contribution in [0.2, 0.25) is 0 Å². The number of nitrogens with two attached hydrogens (primary N) is 1. The molecule has 48 heavy (non-hydrogen) atoms. The maximum Gasteiger partial charge on any atom is 0.325 e. The Morgan fingerprint density at radius 1 is 0.875 bits per heavy atom. The highest BCUT2D eigenvalue weighted by Crippen LogP contribution is 2.55. The van der Waals surface area contributed by atoms with Crippen LogP contribution in [-0.4, -0.2) is 73.4 Å². The van der Waals surface area contributed by atoms with Crippen molar-refractivity contribution in [3.63, 3.8) is 0 Å². The molecule has 260 valence electrons. The smallest absolute Gasteiger partial charge is 0.325 e. The van der Waals surface area contributed by atoms with Crippen molar-refractivity contribution in [2.75, 3.05) is 32.2 Å². The fourth-order valence-electron chi connectivity index (χ4n) is 5.25. The largest absolute Gasteiger partial charge is 1.00 e. The predicted octanol–water partition coefficient (Wildman–Crippen LogP) is -0.133. The molecule has 0 aliphatic heterocycles. The molecule has 12 heteroatoms. The number of halogens is 1. The molecule has 2 amide bonds. The molecule has 0 spiro atoms. The summed E-state index contributed by atoms with van der Waals surface area (Å²) >= 11 is 0.879. The second-order valence-electron chi connectivity index (χ2n) is 10.9. The van der Waals surface area contributed by atoms with Gasteiger partial charge in [-0.15, -0.1) is 0 Å². The first-order valence-electron chi connectivity index (χ1n) is 15.9. The van der Waals surface area contributed by atoms with Crippen molar-refractivity contribution in [1.82, 2.24) is 10.6 Å². The van der Waals surface area contributed by atoms with Crippen LogP contribution in [0.1, 0.15) is 39.0 Å². The number of ether oxygens (including phenoxy) is 2. The first-order chi connectivity index (χ1) is 22.8. The lowest BCUT2D eigenvalue weighted by Gasteiger charge is -2.27. The van der Waals surface area contributed by atoms with Crippen LogP contribution in [0, 0.1) is 0 Å². The van der Waals surface area contributed by atoms with Gasteiger partial charge in [0.15, 0.2) is 0 Å². The molecule has 3 aromatic rings. The average Bonchev–Trinajstić information content (AvgIpc) is 3.11. The van der Waals surface area contributed by atoms with Gasteiger partial charge in [-0.25, -0.2) is 11.4 Å². The molecule has 3 rings (SSSR count). The molecule has 0 bridgehead atoms. The fourth-order valence-corrected chi connectivity index (χ4v) is 10.6. The Bertz CT molecular complexity index is 1350. The van der Waals surface area contributed by atoms with E-state index in [1.165, 1.54) is 23.0 Å². The predicted molar refractivity (Wildman–Crippen MR) is 195 cm³/mol. The zero-order valence-corrected chi connectivity index (χ0v) is 30.9. The first-order valence-corrected chi connectivity index (χ1v) is 19.0. The highest BCUT2D eigenvalue weighted by atomic mass is 79.9. The van der Waals surface area contributed by atoms with Gasteiger partial charge >= 0.3 is 11.9 Å². The third-order valence-corrected chi connectivity index (χ3v) is 13.3. The number of nitrogens with one attached hydrogen (secondary N) is 2. The molecular weight excluding hydrogens is 713 g/mol. The number of carbonyl (C=O) groups excluding carboxylic acids is 4. The second-order valence-corrected chi connectivity index (χ2v) is 15.6. The molecular formula is C36H47BrN3O6PS. The van der Waals surface area contributed by atoms with Crippen LogP contribution in [0.3, 0.4) is 0 Å². The second kappa shape index (κ2) is 22.3. The molecule has 0 fully saturated rings. The zero-order chi connectivity index (χ0) is 33.9. The molecule has 0 saturated carbocycles. The molecule has 2 unspecified atom stereocenters. The van der Waals surface area contributed by atoms with Gasteiger partial charge in [-0.1, -0.05) is 60.0 Å². The minimum Gasteiger partial charge on any atom is -1.00 e. The van der Waals surface area contributed by atoms with Crippen molar-refractivity contribution in [2.24, 2.45) is 5.73 Å². The van der Waals surface area contributed by atoms with Gasteiger partial charge in [0.2, 0.25) is 11.8 Å². The van der Waals surface area contributed by atoms with E-state index < -0.39 is 43.1 Å². The summed E-state index contributed by atoms with van der Waals surface area (Å²) in [5.41, 5.74) is 5.75. The minimum absolute atomic E-state index is 0. The van der Waals surface area contributed by atoms with Crippen molar-refractivity contribution >= 4 is 63.6 Å². The molecule has 0 radical (unpaired) electrons. The summed E-state index contributed by atoms with van der Waals surface area (Å²) in [5, 5.41) is 11.5. The summed E-state index contributed by atoms with van der Waals surface area (Å²) in [5.74, 6) is -1.73. The number of unbranched alkanes of at least 4 members (excludes halogenated alkanes) is 2. The number of rotatable bonds is 19. The van der Waals surface area contributed by atoms with Gasteiger partial charge in [0.25, 0.3) is 0 Å². The fraction of sp³-hybridized carbons (Fsp3) is 0.361. The van der Waals surface area contributed by atoms with E-state index >= 15 is 0 Å². The van der Waals surface area contributed by atoms with E-state index in [4.69, 9.17) is 10.5 Å². The van der Waals surface area contributed by atoms with E-state index in [9.17, 15) is 19.2 Å². The summed E-state index contributed by atoms with van der Waals surface area (Å²) in [7, 11) is -0.657. The van der Waals surface area contributed by atoms with Gasteiger partial charge in [-0.2, -0.15) is 0 Å². The summed E-state index contributed by atoms with van der Waals surface area (Å²) in [6, 6.07) is 30.6. The normalized spacial score (nSPS) is 12.5. The standard InChI is InChI=1S/C36H46N3O6PS.BrH/c1-3-45-34(41)26-38-35(42)32(39-33(40)23-22-31(37)36(43)44-2)27-47-25-15-7-14-24-46(28-16-8-4-9-17-28,29-18-10-5-11-19-29)30-20-12-6-13-21-30;/h4-6,8-13,16-21,25,31-32,47H,3,7,14-15,22-24,26-27,37H2,1-2H3,(H-,38,39,40,42);1H. The third kappa shape index (κ3) is 12.6. The molecule has 0 aliphatic rings. The van der Waals surface area contributed by atoms with Crippen molar-refractivity contribution < 1.29 is 45.6 Å². The number of esters is 2. The van der Waals surface area contributed by atoms with Crippen molar-refractivity contribution in [3.8, 4) is 0 Å². The molecule has 9 nitrogen and oxygen atoms in total. The van der Waals surface area contributed by atoms with Gasteiger partial charge in [0.05, 0.1) is 19.9 Å². The average molecular weight is 761 g/mol. The quantitative estimate of drug-likeness (QED) is 0.0440. The molecule has 2 atom stereocenters. The van der Waals surface area contributed by atoms with Crippen molar-refractivity contribution in [3.05, 3.63) is 91.0 Å². The molecule has 0 aliphatic carbocycles. The molecule has 3 aromatic carbocycles. The van der Waals surface area contributed by atoms with Crippen LogP contribution in [0.4, 0.5) is 0 Å². The van der Waals surface area contributed by atoms with Gasteiger partial charge in [0.1, 0.15) is 41.8 Å². The molecule has 0 heterocycles. The van der Waals surface area contributed by atoms with Gasteiger partial charge < -0.3 is 42.8 Å². The summed E-state index contributed by atoms with van der Waals surface area (Å²) in [6.45, 7) is 1.60. The first kappa shape index (κ1) is 40.8. The maximum atomic E-state index is 12.9. The van der Waals surface area contributed by atoms with E-state index in [1.807, 2.05) is 0 Å². The van der Waals surface area contributed by atoms with Crippen molar-refractivity contribution in [2.45, 2.75) is 51.1 Å². The Morgan fingerprint density at radius 2 is 1.42 bits per heavy atom. The number of carbonyl (C=O) groups is 4. The van der Waals surface area contributed by atoms with Crippen LogP contribution in [0.5, 0.6) is 0 Å². The number of benzene rings is 3. The van der Waals surface area contributed by atoms with E-state index in [2.05, 4.69) is 112 Å². The summed E-state index contributed by atoms with van der Waals surface area (Å²) in [6.07, 6.45) is 3.89. The topological polar surface area (TPSA) is 137 Å². The van der Waals surface area contributed by atoms with Crippen LogP contribution in [0.15, 0.2) is 91.0 Å². The maximum absolute atomic E-state index is 12.9. The van der Waals surface area contributed by atoms with Crippen LogP contribution in [0.25, 0.3) is 0 Å². The zero-order valence-electron chi connectivity index (χ0n) is 27.6. The lowest BCUT2D eigenvalue weighted by Crippen LogP contribution is -3.00. The summed E-state index contributed by atoms with van der Waals surface area (Å²) < 4.78 is 9.50.